The number of allylic oxidation sites excluding steroid dienone is 2. The molecule has 3 heterocycles. The molecule has 224 valence electrons. The summed E-state index contributed by atoms with van der Waals surface area (Å²) in [5, 5.41) is 10.1. The van der Waals surface area contributed by atoms with Gasteiger partial charge in [-0.25, -0.2) is 9.59 Å². The summed E-state index contributed by atoms with van der Waals surface area (Å²) in [5.74, 6) is -1.48. The van der Waals surface area contributed by atoms with Gasteiger partial charge in [0.1, 0.15) is 30.5 Å². The van der Waals surface area contributed by atoms with E-state index in [2.05, 4.69) is 0 Å². The highest BCUT2D eigenvalue weighted by Gasteiger charge is 2.83. The average Bonchev–Trinajstić information content (AvgIpc) is 3.67. The molecule has 2 spiro atoms. The minimum Gasteiger partial charge on any atom is -0.462 e. The number of carbonyl (C=O) groups excluding carboxylic acids is 3. The highest BCUT2D eigenvalue weighted by molar-refractivity contribution is 5.83. The van der Waals surface area contributed by atoms with E-state index in [1.807, 2.05) is 26.8 Å². The Morgan fingerprint density at radius 3 is 2.59 bits per heavy atom. The minimum atomic E-state index is -0.916. The first-order valence-corrected chi connectivity index (χ1v) is 14.3. The van der Waals surface area contributed by atoms with Crippen molar-refractivity contribution in [3.8, 4) is 0 Å². The van der Waals surface area contributed by atoms with Crippen molar-refractivity contribution < 1.29 is 47.9 Å². The molecule has 3 fully saturated rings. The summed E-state index contributed by atoms with van der Waals surface area (Å²) in [4.78, 5) is 38.2. The second kappa shape index (κ2) is 11.1. The van der Waals surface area contributed by atoms with Gasteiger partial charge in [0.15, 0.2) is 0 Å². The molecule has 41 heavy (non-hydrogen) atoms. The van der Waals surface area contributed by atoms with Crippen LogP contribution in [0.4, 0.5) is 0 Å². The summed E-state index contributed by atoms with van der Waals surface area (Å²) in [5.41, 5.74) is -0.846. The van der Waals surface area contributed by atoms with E-state index < -0.39 is 64.9 Å². The van der Waals surface area contributed by atoms with Crippen LogP contribution in [0.25, 0.3) is 0 Å². The monoisotopic (exact) mass is 572 g/mol. The van der Waals surface area contributed by atoms with Crippen molar-refractivity contribution in [2.75, 3.05) is 19.8 Å². The van der Waals surface area contributed by atoms with Gasteiger partial charge in [-0.2, -0.15) is 0 Å². The Hall–Kier alpha value is -2.79. The number of aliphatic hydroxyl groups excluding tert-OH is 1. The van der Waals surface area contributed by atoms with E-state index in [-0.39, 0.29) is 19.3 Å². The lowest BCUT2D eigenvalue weighted by Crippen LogP contribution is -2.68. The lowest BCUT2D eigenvalue weighted by Gasteiger charge is -2.59. The molecule has 0 aromatic rings. The predicted molar refractivity (Wildman–Crippen MR) is 145 cm³/mol. The number of cyclic esters (lactones) is 1. The molecule has 1 saturated carbocycles. The largest absolute Gasteiger partial charge is 0.462 e. The molecule has 0 aromatic heterocycles. The van der Waals surface area contributed by atoms with Crippen LogP contribution >= 0.6 is 0 Å². The molecule has 1 N–H and O–H groups in total. The van der Waals surface area contributed by atoms with Crippen LogP contribution in [0.1, 0.15) is 53.9 Å². The van der Waals surface area contributed by atoms with Gasteiger partial charge in [-0.15, -0.1) is 0 Å². The molecule has 0 amide bonds. The second-order valence-corrected chi connectivity index (χ2v) is 12.1. The zero-order valence-electron chi connectivity index (χ0n) is 24.3. The molecule has 2 aliphatic carbocycles. The van der Waals surface area contributed by atoms with Crippen LogP contribution in [-0.4, -0.2) is 85.1 Å². The fraction of sp³-hybridized carbons (Fsp3) is 0.645. The summed E-state index contributed by atoms with van der Waals surface area (Å²) in [6.07, 6.45) is 7.43. The number of esters is 3. The maximum Gasteiger partial charge on any atom is 0.331 e. The quantitative estimate of drug-likeness (QED) is 0.228. The van der Waals surface area contributed by atoms with Crippen molar-refractivity contribution >= 4 is 17.9 Å². The van der Waals surface area contributed by atoms with E-state index in [9.17, 15) is 19.5 Å². The van der Waals surface area contributed by atoms with E-state index in [0.717, 1.165) is 11.1 Å². The molecule has 0 radical (unpaired) electrons. The summed E-state index contributed by atoms with van der Waals surface area (Å²) in [7, 11) is 0. The van der Waals surface area contributed by atoms with E-state index in [1.165, 1.54) is 19.1 Å². The number of aliphatic hydroxyl groups is 1. The fourth-order valence-electron chi connectivity index (χ4n) is 7.17. The Bertz CT molecular complexity index is 1190. The third kappa shape index (κ3) is 5.20. The Kier molecular flexibility index (Phi) is 8.06. The summed E-state index contributed by atoms with van der Waals surface area (Å²) in [6.45, 7) is 9.36. The van der Waals surface area contributed by atoms with E-state index in [0.29, 0.717) is 25.9 Å². The Morgan fingerprint density at radius 1 is 1.15 bits per heavy atom. The molecular formula is C31H40O10. The van der Waals surface area contributed by atoms with Crippen LogP contribution in [0, 0.1) is 10.8 Å². The van der Waals surface area contributed by atoms with Gasteiger partial charge in [-0.05, 0) is 32.8 Å². The molecule has 0 aromatic carbocycles. The van der Waals surface area contributed by atoms with E-state index in [1.54, 1.807) is 25.2 Å². The number of ether oxygens (including phenoxy) is 6. The minimum absolute atomic E-state index is 0.0522. The molecule has 2 bridgehead atoms. The third-order valence-electron chi connectivity index (χ3n) is 9.62. The molecule has 5 rings (SSSR count). The molecular weight excluding hydrogens is 532 g/mol. The van der Waals surface area contributed by atoms with Crippen LogP contribution in [0.3, 0.4) is 0 Å². The van der Waals surface area contributed by atoms with Crippen molar-refractivity contribution in [2.45, 2.75) is 96.1 Å². The molecule has 2 saturated heterocycles. The molecule has 9 atom stereocenters. The fourth-order valence-corrected chi connectivity index (χ4v) is 7.17. The van der Waals surface area contributed by atoms with Gasteiger partial charge in [0.25, 0.3) is 0 Å². The summed E-state index contributed by atoms with van der Waals surface area (Å²) >= 11 is 0. The van der Waals surface area contributed by atoms with Crippen LogP contribution in [0.5, 0.6) is 0 Å². The zero-order valence-corrected chi connectivity index (χ0v) is 24.3. The van der Waals surface area contributed by atoms with Crippen molar-refractivity contribution in [2.24, 2.45) is 10.8 Å². The SMILES string of the molecule is CC(=O)O[C@H]1C[C@@]23COC(=O)/C=C(/C)CCO[C@@H]([C@@H](C)O)/C=C\C=C/C(=O)O[C@@H]4C[C@@H](O[C@@H]2C=C1C)[C@]1(CO1)[C@]43C. The maximum absolute atomic E-state index is 13.1. The van der Waals surface area contributed by atoms with Gasteiger partial charge in [-0.1, -0.05) is 36.8 Å². The van der Waals surface area contributed by atoms with Gasteiger partial charge < -0.3 is 33.5 Å². The van der Waals surface area contributed by atoms with Crippen LogP contribution in [0.15, 0.2) is 47.6 Å². The Morgan fingerprint density at radius 2 is 1.90 bits per heavy atom. The van der Waals surface area contributed by atoms with Crippen molar-refractivity contribution in [3.63, 3.8) is 0 Å². The molecule has 10 heteroatoms. The van der Waals surface area contributed by atoms with Crippen LogP contribution < -0.4 is 0 Å². The van der Waals surface area contributed by atoms with E-state index in [4.69, 9.17) is 28.4 Å². The maximum atomic E-state index is 13.1. The van der Waals surface area contributed by atoms with Crippen molar-refractivity contribution in [1.29, 1.82) is 0 Å². The van der Waals surface area contributed by atoms with Gasteiger partial charge >= 0.3 is 17.9 Å². The first-order chi connectivity index (χ1) is 19.4. The molecule has 5 aliphatic rings. The van der Waals surface area contributed by atoms with Gasteiger partial charge in [0.2, 0.25) is 0 Å². The van der Waals surface area contributed by atoms with E-state index >= 15 is 0 Å². The first kappa shape index (κ1) is 29.7. The second-order valence-electron chi connectivity index (χ2n) is 12.1. The number of hydrogen-bond acceptors (Lipinski definition) is 10. The standard InChI is InChI=1S/C31H40O10/c1-18-10-11-36-22(20(3)32)8-6-7-9-27(34)41-24-14-26-31(17-38-31)29(24,5)30(16-37-28(35)12-18)15-23(39-21(4)33)19(2)13-25(30)40-26/h6-9,12-13,20,22-26,32H,10-11,14-17H2,1-5H3/b8-6-,9-7-,18-12-/t20-,22-,23+,24-,25-,26-,29-,30-,31-/m1/s1. The number of rotatable bonds is 2. The lowest BCUT2D eigenvalue weighted by atomic mass is 9.51. The van der Waals surface area contributed by atoms with Crippen molar-refractivity contribution in [1.82, 2.24) is 0 Å². The number of carbonyl (C=O) groups is 3. The average molecular weight is 573 g/mol. The summed E-state index contributed by atoms with van der Waals surface area (Å²) < 4.78 is 36.3. The highest BCUT2D eigenvalue weighted by atomic mass is 16.6. The zero-order chi connectivity index (χ0) is 29.6. The number of hydrogen-bond donors (Lipinski definition) is 1. The topological polar surface area (TPSA) is 130 Å². The smallest absolute Gasteiger partial charge is 0.331 e. The Labute approximate surface area is 240 Å². The normalized spacial score (nSPS) is 44.5. The highest BCUT2D eigenvalue weighted by Crippen LogP contribution is 2.72. The molecule has 10 nitrogen and oxygen atoms in total. The Balaban J connectivity index is 1.55. The molecule has 0 unspecified atom stereocenters. The van der Waals surface area contributed by atoms with Crippen LogP contribution in [-0.2, 0) is 42.8 Å². The third-order valence-corrected chi connectivity index (χ3v) is 9.62. The van der Waals surface area contributed by atoms with Gasteiger partial charge in [0.05, 0.1) is 42.4 Å². The van der Waals surface area contributed by atoms with Gasteiger partial charge in [-0.3, -0.25) is 4.79 Å². The van der Waals surface area contributed by atoms with Gasteiger partial charge in [0, 0.05) is 31.9 Å². The van der Waals surface area contributed by atoms with Crippen molar-refractivity contribution in [3.05, 3.63) is 47.6 Å². The number of epoxide rings is 1. The predicted octanol–water partition coefficient (Wildman–Crippen LogP) is 2.88. The summed E-state index contributed by atoms with van der Waals surface area (Å²) in [6, 6.07) is 0. The molecule has 3 aliphatic heterocycles. The van der Waals surface area contributed by atoms with Crippen LogP contribution in [0.2, 0.25) is 0 Å². The first-order valence-electron chi connectivity index (χ1n) is 14.3. The lowest BCUT2D eigenvalue weighted by molar-refractivity contribution is -0.239.